The van der Waals surface area contributed by atoms with Gasteiger partial charge in [-0.25, -0.2) is 9.97 Å². The molecule has 2 N–H and O–H groups in total. The molecule has 0 fully saturated rings. The van der Waals surface area contributed by atoms with Crippen LogP contribution in [0.3, 0.4) is 0 Å². The van der Waals surface area contributed by atoms with Gasteiger partial charge in [0.15, 0.2) is 5.13 Å². The van der Waals surface area contributed by atoms with Crippen LogP contribution in [-0.2, 0) is 13.2 Å². The van der Waals surface area contributed by atoms with Gasteiger partial charge < -0.3 is 15.3 Å². The largest absolute Gasteiger partial charge is 0.389 e. The summed E-state index contributed by atoms with van der Waals surface area (Å²) >= 11 is 3.08. The maximum atomic E-state index is 9.21. The van der Waals surface area contributed by atoms with E-state index in [1.807, 2.05) is 26.5 Å². The number of aliphatic hydroxyl groups excluding tert-OH is 1. The van der Waals surface area contributed by atoms with Gasteiger partial charge in [-0.2, -0.15) is 0 Å². The van der Waals surface area contributed by atoms with Gasteiger partial charge in [0, 0.05) is 19.0 Å². The van der Waals surface area contributed by atoms with Crippen molar-refractivity contribution >= 4 is 27.8 Å². The predicted molar refractivity (Wildman–Crippen MR) is 76.1 cm³/mol. The summed E-state index contributed by atoms with van der Waals surface area (Å²) in [5.41, 5.74) is 1.90. The van der Waals surface area contributed by atoms with E-state index in [0.717, 1.165) is 32.9 Å². The minimum absolute atomic E-state index is 0.0197. The second kappa shape index (κ2) is 5.75. The molecule has 0 saturated heterocycles. The Labute approximate surface area is 114 Å². The number of thiazole rings is 2. The third-order valence-electron chi connectivity index (χ3n) is 2.29. The molecule has 98 valence electrons. The lowest BCUT2D eigenvalue weighted by Gasteiger charge is -2.07. The predicted octanol–water partition coefficient (Wildman–Crippen LogP) is 1.86. The molecule has 2 aromatic rings. The molecule has 0 aliphatic carbocycles. The van der Waals surface area contributed by atoms with Crippen molar-refractivity contribution in [1.82, 2.24) is 14.9 Å². The summed E-state index contributed by atoms with van der Waals surface area (Å²) in [6.45, 7) is 0.729. The lowest BCUT2D eigenvalue weighted by Crippen LogP contribution is -2.11. The van der Waals surface area contributed by atoms with E-state index >= 15 is 0 Å². The van der Waals surface area contributed by atoms with Crippen molar-refractivity contribution < 1.29 is 5.11 Å². The monoisotopic (exact) mass is 284 g/mol. The number of hydrogen-bond acceptors (Lipinski definition) is 7. The van der Waals surface area contributed by atoms with Crippen LogP contribution in [0.5, 0.6) is 0 Å². The van der Waals surface area contributed by atoms with E-state index in [-0.39, 0.29) is 6.61 Å². The third-order valence-corrected chi connectivity index (χ3v) is 4.26. The van der Waals surface area contributed by atoms with Gasteiger partial charge >= 0.3 is 0 Å². The molecule has 0 saturated carbocycles. The molecule has 18 heavy (non-hydrogen) atoms. The zero-order valence-corrected chi connectivity index (χ0v) is 12.2. The van der Waals surface area contributed by atoms with Crippen LogP contribution in [0, 0.1) is 0 Å². The number of hydrogen-bond donors (Lipinski definition) is 2. The molecule has 0 atom stereocenters. The van der Waals surface area contributed by atoms with Crippen molar-refractivity contribution in [2.75, 3.05) is 26.5 Å². The molecule has 0 amide bonds. The van der Waals surface area contributed by atoms with Crippen molar-refractivity contribution in [2.24, 2.45) is 0 Å². The molecule has 2 rings (SSSR count). The Hall–Kier alpha value is -1.02. The zero-order chi connectivity index (χ0) is 13.1. The summed E-state index contributed by atoms with van der Waals surface area (Å²) < 4.78 is 0. The van der Waals surface area contributed by atoms with Crippen LogP contribution in [0.15, 0.2) is 5.38 Å². The normalized spacial score (nSPS) is 11.2. The minimum atomic E-state index is -0.0197. The maximum Gasteiger partial charge on any atom is 0.182 e. The fourth-order valence-corrected chi connectivity index (χ4v) is 3.20. The topological polar surface area (TPSA) is 61.3 Å². The Kier molecular flexibility index (Phi) is 4.28. The van der Waals surface area contributed by atoms with E-state index in [1.54, 1.807) is 11.3 Å². The van der Waals surface area contributed by atoms with Gasteiger partial charge in [0.2, 0.25) is 0 Å². The lowest BCUT2D eigenvalue weighted by molar-refractivity contribution is 0.280. The molecule has 0 spiro atoms. The first-order chi connectivity index (χ1) is 8.63. The van der Waals surface area contributed by atoms with Gasteiger partial charge in [-0.15, -0.1) is 22.7 Å². The molecule has 5 nitrogen and oxygen atoms in total. The van der Waals surface area contributed by atoms with E-state index in [4.69, 9.17) is 0 Å². The Morgan fingerprint density at radius 1 is 1.39 bits per heavy atom. The molecule has 7 heteroatoms. The Bertz CT molecular complexity index is 521. The van der Waals surface area contributed by atoms with Crippen LogP contribution in [0.2, 0.25) is 0 Å². The lowest BCUT2D eigenvalue weighted by atomic mass is 10.3. The van der Waals surface area contributed by atoms with Crippen LogP contribution in [0.25, 0.3) is 10.6 Å². The quantitative estimate of drug-likeness (QED) is 0.877. The molecule has 2 aromatic heterocycles. The number of aliphatic hydroxyl groups is 1. The molecular formula is C11H16N4OS2. The van der Waals surface area contributed by atoms with Crippen LogP contribution in [0.1, 0.15) is 10.7 Å². The van der Waals surface area contributed by atoms with Crippen molar-refractivity contribution in [3.05, 3.63) is 16.1 Å². The van der Waals surface area contributed by atoms with E-state index in [1.165, 1.54) is 11.3 Å². The van der Waals surface area contributed by atoms with Crippen LogP contribution >= 0.6 is 22.7 Å². The average Bonchev–Trinajstić information content (AvgIpc) is 2.93. The highest BCUT2D eigenvalue weighted by atomic mass is 32.1. The molecular weight excluding hydrogens is 268 g/mol. The summed E-state index contributed by atoms with van der Waals surface area (Å²) in [6, 6.07) is 0. The highest BCUT2D eigenvalue weighted by Crippen LogP contribution is 2.33. The van der Waals surface area contributed by atoms with Gasteiger partial charge in [0.25, 0.3) is 0 Å². The minimum Gasteiger partial charge on any atom is -0.389 e. The summed E-state index contributed by atoms with van der Waals surface area (Å²) in [4.78, 5) is 12.1. The zero-order valence-electron chi connectivity index (χ0n) is 10.6. The molecule has 0 radical (unpaired) electrons. The van der Waals surface area contributed by atoms with Crippen LogP contribution < -0.4 is 5.32 Å². The van der Waals surface area contributed by atoms with Crippen molar-refractivity contribution in [1.29, 1.82) is 0 Å². The summed E-state index contributed by atoms with van der Waals surface area (Å²) in [7, 11) is 5.86. The SMILES string of the molecule is CNc1nc(-c2sc(CO)nc2CN(C)C)cs1. The molecule has 0 aliphatic heterocycles. The second-order valence-corrected chi connectivity index (χ2v) is 6.01. The van der Waals surface area contributed by atoms with Crippen LogP contribution in [0.4, 0.5) is 5.13 Å². The summed E-state index contributed by atoms with van der Waals surface area (Å²) in [6.07, 6.45) is 0. The first kappa shape index (κ1) is 13.4. The highest BCUT2D eigenvalue weighted by Gasteiger charge is 2.15. The van der Waals surface area contributed by atoms with Crippen molar-refractivity contribution in [2.45, 2.75) is 13.2 Å². The van der Waals surface area contributed by atoms with E-state index in [2.05, 4.69) is 20.2 Å². The van der Waals surface area contributed by atoms with Crippen molar-refractivity contribution in [3.63, 3.8) is 0 Å². The van der Waals surface area contributed by atoms with Gasteiger partial charge in [0.05, 0.1) is 22.9 Å². The number of nitrogens with one attached hydrogen (secondary N) is 1. The van der Waals surface area contributed by atoms with Gasteiger partial charge in [-0.1, -0.05) is 0 Å². The third kappa shape index (κ3) is 2.86. The number of aromatic nitrogens is 2. The van der Waals surface area contributed by atoms with Gasteiger partial charge in [0.1, 0.15) is 5.01 Å². The fraction of sp³-hybridized carbons (Fsp3) is 0.455. The summed E-state index contributed by atoms with van der Waals surface area (Å²) in [5.74, 6) is 0. The Morgan fingerprint density at radius 2 is 2.17 bits per heavy atom. The molecule has 2 heterocycles. The Balaban J connectivity index is 2.38. The first-order valence-corrected chi connectivity index (χ1v) is 7.21. The molecule has 0 unspecified atom stereocenters. The first-order valence-electron chi connectivity index (χ1n) is 5.52. The number of rotatable bonds is 5. The number of anilines is 1. The standard InChI is InChI=1S/C11H16N4OS2/c1-12-11-14-8(6-17-11)10-7(4-15(2)3)13-9(5-16)18-10/h6,16H,4-5H2,1-3H3,(H,12,14). The second-order valence-electron chi connectivity index (χ2n) is 4.07. The highest BCUT2D eigenvalue weighted by molar-refractivity contribution is 7.16. The summed E-state index contributed by atoms with van der Waals surface area (Å²) in [5, 5.41) is 15.9. The average molecular weight is 284 g/mol. The molecule has 0 aromatic carbocycles. The molecule has 0 aliphatic rings. The van der Waals surface area contributed by atoms with Gasteiger partial charge in [-0.3, -0.25) is 0 Å². The number of nitrogens with zero attached hydrogens (tertiary/aromatic N) is 3. The van der Waals surface area contributed by atoms with E-state index in [9.17, 15) is 5.11 Å². The maximum absolute atomic E-state index is 9.21. The smallest absolute Gasteiger partial charge is 0.182 e. The Morgan fingerprint density at radius 3 is 2.72 bits per heavy atom. The van der Waals surface area contributed by atoms with Crippen molar-refractivity contribution in [3.8, 4) is 10.6 Å². The van der Waals surface area contributed by atoms with Crippen LogP contribution in [-0.4, -0.2) is 41.1 Å². The van der Waals surface area contributed by atoms with Gasteiger partial charge in [-0.05, 0) is 14.1 Å². The van der Waals surface area contributed by atoms with E-state index < -0.39 is 0 Å². The van der Waals surface area contributed by atoms with E-state index in [0.29, 0.717) is 0 Å². The molecule has 0 bridgehead atoms. The fourth-order valence-electron chi connectivity index (χ4n) is 1.57.